The smallest absolute Gasteiger partial charge is 0.295 e. The fourth-order valence-corrected chi connectivity index (χ4v) is 3.61. The Labute approximate surface area is 182 Å². The van der Waals surface area contributed by atoms with Crippen molar-refractivity contribution in [3.63, 3.8) is 0 Å². The van der Waals surface area contributed by atoms with Gasteiger partial charge in [0.25, 0.3) is 11.7 Å². The van der Waals surface area contributed by atoms with Gasteiger partial charge < -0.3 is 23.9 Å². The lowest BCUT2D eigenvalue weighted by Crippen LogP contribution is -2.31. The number of carbonyl (C=O) groups excluding carboxylic acids is 2. The molecule has 1 saturated heterocycles. The van der Waals surface area contributed by atoms with E-state index in [0.717, 1.165) is 12.8 Å². The highest BCUT2D eigenvalue weighted by Gasteiger charge is 2.47. The van der Waals surface area contributed by atoms with Crippen molar-refractivity contribution < 1.29 is 28.6 Å². The lowest BCUT2D eigenvalue weighted by molar-refractivity contribution is -0.140. The highest BCUT2D eigenvalue weighted by atomic mass is 16.5. The van der Waals surface area contributed by atoms with Crippen LogP contribution in [0.1, 0.15) is 49.3 Å². The summed E-state index contributed by atoms with van der Waals surface area (Å²) in [5, 5.41) is 11.1. The van der Waals surface area contributed by atoms with Crippen LogP contribution in [0, 0.1) is 6.92 Å². The van der Waals surface area contributed by atoms with E-state index in [1.54, 1.807) is 50.4 Å². The molecule has 0 aliphatic carbocycles. The van der Waals surface area contributed by atoms with E-state index in [4.69, 9.17) is 13.9 Å². The quantitative estimate of drug-likeness (QED) is 0.264. The Bertz CT molecular complexity index is 960. The van der Waals surface area contributed by atoms with Gasteiger partial charge >= 0.3 is 0 Å². The van der Waals surface area contributed by atoms with Crippen molar-refractivity contribution in [3.8, 4) is 5.75 Å². The maximum atomic E-state index is 12.9. The van der Waals surface area contributed by atoms with Gasteiger partial charge in [0.15, 0.2) is 0 Å². The number of unbranched alkanes of at least 4 members (excludes halogenated alkanes) is 1. The van der Waals surface area contributed by atoms with E-state index in [-0.39, 0.29) is 11.3 Å². The summed E-state index contributed by atoms with van der Waals surface area (Å²) in [5.74, 6) is 0.0537. The summed E-state index contributed by atoms with van der Waals surface area (Å²) in [6.45, 7) is 5.19. The maximum Gasteiger partial charge on any atom is 0.295 e. The van der Waals surface area contributed by atoms with Crippen molar-refractivity contribution >= 4 is 17.4 Å². The van der Waals surface area contributed by atoms with E-state index in [9.17, 15) is 14.7 Å². The van der Waals surface area contributed by atoms with E-state index >= 15 is 0 Å². The average molecular weight is 427 g/mol. The Balaban J connectivity index is 2.01. The third-order valence-corrected chi connectivity index (χ3v) is 5.19. The molecule has 3 rings (SSSR count). The Morgan fingerprint density at radius 2 is 1.97 bits per heavy atom. The van der Waals surface area contributed by atoms with Crippen LogP contribution in [-0.4, -0.2) is 48.6 Å². The molecule has 0 bridgehead atoms. The van der Waals surface area contributed by atoms with Crippen molar-refractivity contribution in [3.05, 3.63) is 59.1 Å². The monoisotopic (exact) mass is 427 g/mol. The highest BCUT2D eigenvalue weighted by Crippen LogP contribution is 2.40. The number of carbonyl (C=O) groups is 2. The minimum atomic E-state index is -0.796. The van der Waals surface area contributed by atoms with Gasteiger partial charge in [0.2, 0.25) is 0 Å². The first kappa shape index (κ1) is 22.6. The minimum absolute atomic E-state index is 0.0162. The molecule has 1 fully saturated rings. The first-order chi connectivity index (χ1) is 15.0. The zero-order chi connectivity index (χ0) is 22.4. The number of Topliss-reactive ketones (excluding diaryl/α,β-unsaturated/α-hetero) is 1. The van der Waals surface area contributed by atoms with Crippen LogP contribution < -0.4 is 4.74 Å². The van der Waals surface area contributed by atoms with Gasteiger partial charge in [-0.1, -0.05) is 25.5 Å². The number of ketones is 1. The number of furan rings is 1. The Morgan fingerprint density at radius 3 is 2.65 bits per heavy atom. The molecule has 7 heteroatoms. The van der Waals surface area contributed by atoms with Gasteiger partial charge in [0.05, 0.1) is 12.2 Å². The Hall–Kier alpha value is -3.06. The van der Waals surface area contributed by atoms with Crippen molar-refractivity contribution in [2.24, 2.45) is 0 Å². The molecule has 1 aliphatic rings. The number of amides is 1. The summed E-state index contributed by atoms with van der Waals surface area (Å²) in [4.78, 5) is 27.2. The van der Waals surface area contributed by atoms with E-state index in [2.05, 4.69) is 6.92 Å². The Kier molecular flexibility index (Phi) is 7.52. The highest BCUT2D eigenvalue weighted by molar-refractivity contribution is 6.46. The lowest BCUT2D eigenvalue weighted by Gasteiger charge is -2.23. The lowest BCUT2D eigenvalue weighted by atomic mass is 9.99. The minimum Gasteiger partial charge on any atom is -0.507 e. The van der Waals surface area contributed by atoms with E-state index < -0.39 is 17.7 Å². The van der Waals surface area contributed by atoms with Crippen LogP contribution in [0.25, 0.3) is 5.76 Å². The van der Waals surface area contributed by atoms with Crippen LogP contribution in [0.3, 0.4) is 0 Å². The number of aliphatic hydroxyl groups is 1. The van der Waals surface area contributed by atoms with Gasteiger partial charge in [-0.15, -0.1) is 0 Å². The summed E-state index contributed by atoms with van der Waals surface area (Å²) in [6.07, 6.45) is 2.48. The molecule has 1 aliphatic heterocycles. The van der Waals surface area contributed by atoms with Crippen molar-refractivity contribution in [1.82, 2.24) is 4.90 Å². The van der Waals surface area contributed by atoms with Gasteiger partial charge in [-0.25, -0.2) is 0 Å². The molecular formula is C24H29NO6. The molecule has 1 aromatic heterocycles. The molecule has 1 aromatic carbocycles. The molecule has 1 unspecified atom stereocenters. The van der Waals surface area contributed by atoms with Crippen LogP contribution in [0.5, 0.6) is 5.75 Å². The van der Waals surface area contributed by atoms with E-state index in [1.165, 1.54) is 4.90 Å². The standard InChI is InChI=1S/C24H29NO6/c1-4-5-14-30-18-9-6-8-17(15-18)22(26)20-21(19-11-10-16(2)31-19)25(12-7-13-29-3)24(28)23(20)27/h6,8-11,15,21,26H,4-5,7,12-14H2,1-3H3/b22-20+. The second kappa shape index (κ2) is 10.3. The second-order valence-electron chi connectivity index (χ2n) is 7.52. The topological polar surface area (TPSA) is 89.2 Å². The molecule has 0 spiro atoms. The normalized spacial score (nSPS) is 18.0. The SMILES string of the molecule is CCCCOc1cccc(/C(O)=C2\C(=O)C(=O)N(CCCOC)C2c2ccc(C)o2)c1. The van der Waals surface area contributed by atoms with Gasteiger partial charge in [-0.2, -0.15) is 0 Å². The van der Waals surface area contributed by atoms with E-state index in [1.807, 2.05) is 0 Å². The predicted octanol–water partition coefficient (Wildman–Crippen LogP) is 4.23. The predicted molar refractivity (Wildman–Crippen MR) is 116 cm³/mol. The van der Waals surface area contributed by atoms with Gasteiger partial charge in [-0.3, -0.25) is 9.59 Å². The molecule has 2 aromatic rings. The summed E-state index contributed by atoms with van der Waals surface area (Å²) in [7, 11) is 1.58. The second-order valence-corrected chi connectivity index (χ2v) is 7.52. The Morgan fingerprint density at radius 1 is 1.16 bits per heavy atom. The molecule has 1 amide bonds. The first-order valence-corrected chi connectivity index (χ1v) is 10.5. The van der Waals surface area contributed by atoms with E-state index in [0.29, 0.717) is 49.0 Å². The number of hydrogen-bond donors (Lipinski definition) is 1. The third kappa shape index (κ3) is 4.99. The number of rotatable bonds is 10. The molecule has 1 atom stereocenters. The fourth-order valence-electron chi connectivity index (χ4n) is 3.61. The van der Waals surface area contributed by atoms with Crippen molar-refractivity contribution in [2.45, 2.75) is 39.2 Å². The number of hydrogen-bond acceptors (Lipinski definition) is 6. The largest absolute Gasteiger partial charge is 0.507 e. The number of aliphatic hydroxyl groups excluding tert-OH is 1. The van der Waals surface area contributed by atoms with Gasteiger partial charge in [0, 0.05) is 25.8 Å². The molecule has 0 radical (unpaired) electrons. The number of likely N-dealkylation sites (tertiary alicyclic amines) is 1. The number of methoxy groups -OCH3 is 1. The summed E-state index contributed by atoms with van der Waals surface area (Å²) in [5.41, 5.74) is 0.430. The van der Waals surface area contributed by atoms with Crippen LogP contribution in [0.15, 0.2) is 46.4 Å². The molecule has 1 N–H and O–H groups in total. The van der Waals surface area contributed by atoms with Crippen molar-refractivity contribution in [1.29, 1.82) is 0 Å². The number of benzene rings is 1. The molecule has 166 valence electrons. The third-order valence-electron chi connectivity index (χ3n) is 5.19. The molecule has 0 saturated carbocycles. The summed E-state index contributed by atoms with van der Waals surface area (Å²) in [6, 6.07) is 9.61. The average Bonchev–Trinajstić information content (AvgIpc) is 3.30. The summed E-state index contributed by atoms with van der Waals surface area (Å²) < 4.78 is 16.6. The zero-order valence-electron chi connectivity index (χ0n) is 18.2. The molecule has 2 heterocycles. The number of nitrogens with zero attached hydrogens (tertiary/aromatic N) is 1. The first-order valence-electron chi connectivity index (χ1n) is 10.5. The maximum absolute atomic E-state index is 12.9. The van der Waals surface area contributed by atoms with Crippen LogP contribution in [-0.2, 0) is 14.3 Å². The summed E-state index contributed by atoms with van der Waals surface area (Å²) >= 11 is 0. The zero-order valence-corrected chi connectivity index (χ0v) is 18.2. The van der Waals surface area contributed by atoms with Gasteiger partial charge in [0.1, 0.15) is 29.1 Å². The van der Waals surface area contributed by atoms with Crippen molar-refractivity contribution in [2.75, 3.05) is 26.9 Å². The van der Waals surface area contributed by atoms with Crippen LogP contribution in [0.4, 0.5) is 0 Å². The van der Waals surface area contributed by atoms with Gasteiger partial charge in [-0.05, 0) is 44.0 Å². The van der Waals surface area contributed by atoms with Crippen LogP contribution >= 0.6 is 0 Å². The van der Waals surface area contributed by atoms with Crippen LogP contribution in [0.2, 0.25) is 0 Å². The number of aryl methyl sites for hydroxylation is 1. The molecular weight excluding hydrogens is 398 g/mol. The fraction of sp³-hybridized carbons (Fsp3) is 0.417. The number of ether oxygens (including phenoxy) is 2. The molecule has 7 nitrogen and oxygen atoms in total. The molecule has 31 heavy (non-hydrogen) atoms.